The maximum Gasteiger partial charge on any atom is 0.0235 e. The highest BCUT2D eigenvalue weighted by Crippen LogP contribution is 2.30. The molecule has 3 rings (SSSR count). The largest absolute Gasteiger partial charge is 0.312 e. The van der Waals surface area contributed by atoms with Gasteiger partial charge in [-0.25, -0.2) is 0 Å². The fourth-order valence-electron chi connectivity index (χ4n) is 3.43. The Morgan fingerprint density at radius 2 is 1.93 bits per heavy atom. The predicted octanol–water partition coefficient (Wildman–Crippen LogP) is 1.57. The Bertz CT molecular complexity index is 202. The minimum Gasteiger partial charge on any atom is -0.312 e. The molecule has 3 heterocycles. The van der Waals surface area contributed by atoms with Crippen molar-refractivity contribution in [2.24, 2.45) is 5.92 Å². The summed E-state index contributed by atoms with van der Waals surface area (Å²) in [7, 11) is 0. The summed E-state index contributed by atoms with van der Waals surface area (Å²) in [5.74, 6) is 3.75. The van der Waals surface area contributed by atoms with E-state index in [-0.39, 0.29) is 0 Å². The molecule has 0 amide bonds. The van der Waals surface area contributed by atoms with E-state index in [9.17, 15) is 0 Å². The lowest BCUT2D eigenvalue weighted by atomic mass is 9.94. The van der Waals surface area contributed by atoms with E-state index in [0.29, 0.717) is 0 Å². The van der Waals surface area contributed by atoms with Crippen LogP contribution in [0.5, 0.6) is 0 Å². The third-order valence-electron chi connectivity index (χ3n) is 4.33. The first-order valence-electron chi connectivity index (χ1n) is 6.48. The van der Waals surface area contributed by atoms with Gasteiger partial charge in [-0.1, -0.05) is 0 Å². The maximum absolute atomic E-state index is 3.70. The number of hydrogen-bond acceptors (Lipinski definition) is 3. The van der Waals surface area contributed by atoms with E-state index in [0.717, 1.165) is 18.0 Å². The van der Waals surface area contributed by atoms with E-state index in [1.165, 1.54) is 56.8 Å². The number of hydrogen-bond donors (Lipinski definition) is 1. The Balaban J connectivity index is 1.59. The zero-order chi connectivity index (χ0) is 10.1. The molecule has 3 heteroatoms. The minimum absolute atomic E-state index is 0.827. The van der Waals surface area contributed by atoms with Crippen molar-refractivity contribution < 1.29 is 0 Å². The van der Waals surface area contributed by atoms with Gasteiger partial charge in [0, 0.05) is 25.2 Å². The van der Waals surface area contributed by atoms with Gasteiger partial charge < -0.3 is 5.32 Å². The average Bonchev–Trinajstić information content (AvgIpc) is 2.74. The summed E-state index contributed by atoms with van der Waals surface area (Å²) in [6.07, 6.45) is 5.74. The smallest absolute Gasteiger partial charge is 0.0235 e. The summed E-state index contributed by atoms with van der Waals surface area (Å²) in [6, 6.07) is 1.74. The Labute approximate surface area is 97.2 Å². The van der Waals surface area contributed by atoms with Crippen LogP contribution in [0.4, 0.5) is 0 Å². The molecule has 86 valence electrons. The molecule has 0 unspecified atom stereocenters. The van der Waals surface area contributed by atoms with Gasteiger partial charge in [0.2, 0.25) is 0 Å². The lowest BCUT2D eigenvalue weighted by molar-refractivity contribution is 0.220. The zero-order valence-electron chi connectivity index (χ0n) is 9.45. The molecule has 0 aromatic carbocycles. The molecule has 0 saturated carbocycles. The number of likely N-dealkylation sites (tertiary alicyclic amines) is 1. The van der Waals surface area contributed by atoms with Gasteiger partial charge in [-0.05, 0) is 49.7 Å². The summed E-state index contributed by atoms with van der Waals surface area (Å²) in [4.78, 5) is 2.79. The van der Waals surface area contributed by atoms with Crippen LogP contribution in [0.3, 0.4) is 0 Å². The van der Waals surface area contributed by atoms with Crippen LogP contribution in [0.25, 0.3) is 0 Å². The molecule has 3 saturated heterocycles. The van der Waals surface area contributed by atoms with Gasteiger partial charge in [-0.3, -0.25) is 4.90 Å². The predicted molar refractivity (Wildman–Crippen MR) is 66.4 cm³/mol. The normalized spacial score (nSPS) is 39.2. The second kappa shape index (κ2) is 4.64. The van der Waals surface area contributed by atoms with Crippen molar-refractivity contribution in [2.45, 2.75) is 37.8 Å². The van der Waals surface area contributed by atoms with Crippen LogP contribution < -0.4 is 5.32 Å². The molecule has 3 fully saturated rings. The molecule has 2 nitrogen and oxygen atoms in total. The Morgan fingerprint density at radius 1 is 1.07 bits per heavy atom. The fraction of sp³-hybridized carbons (Fsp3) is 1.00. The van der Waals surface area contributed by atoms with Crippen LogP contribution in [0.2, 0.25) is 0 Å². The maximum atomic E-state index is 3.70. The quantitative estimate of drug-likeness (QED) is 0.730. The second-order valence-electron chi connectivity index (χ2n) is 5.26. The van der Waals surface area contributed by atoms with Crippen molar-refractivity contribution in [1.29, 1.82) is 0 Å². The monoisotopic (exact) mass is 226 g/mol. The Morgan fingerprint density at radius 3 is 2.73 bits per heavy atom. The summed E-state index contributed by atoms with van der Waals surface area (Å²) in [6.45, 7) is 3.97. The van der Waals surface area contributed by atoms with Gasteiger partial charge in [0.05, 0.1) is 0 Å². The highest BCUT2D eigenvalue weighted by Gasteiger charge is 2.37. The molecule has 3 aliphatic heterocycles. The SMILES string of the molecule is C1CN[C@@H]2CN(C3CCSCC3)C[C@@H]2C1. The second-order valence-corrected chi connectivity index (χ2v) is 6.49. The Hall–Kier alpha value is 0.270. The number of rotatable bonds is 1. The van der Waals surface area contributed by atoms with Gasteiger partial charge in [0.15, 0.2) is 0 Å². The number of nitrogens with one attached hydrogen (secondary N) is 1. The van der Waals surface area contributed by atoms with Crippen molar-refractivity contribution in [1.82, 2.24) is 10.2 Å². The van der Waals surface area contributed by atoms with Crippen molar-refractivity contribution in [2.75, 3.05) is 31.1 Å². The van der Waals surface area contributed by atoms with Gasteiger partial charge >= 0.3 is 0 Å². The zero-order valence-corrected chi connectivity index (χ0v) is 10.3. The molecule has 1 N–H and O–H groups in total. The minimum atomic E-state index is 0.827. The molecule has 0 aromatic heterocycles. The fourth-order valence-corrected chi connectivity index (χ4v) is 4.51. The summed E-state index contributed by atoms with van der Waals surface area (Å²) in [5, 5.41) is 3.70. The van der Waals surface area contributed by atoms with E-state index in [1.807, 2.05) is 0 Å². The molecule has 15 heavy (non-hydrogen) atoms. The lowest BCUT2D eigenvalue weighted by Gasteiger charge is -2.30. The van der Waals surface area contributed by atoms with Crippen molar-refractivity contribution in [3.63, 3.8) is 0 Å². The number of piperidine rings is 1. The molecule has 0 aliphatic carbocycles. The highest BCUT2D eigenvalue weighted by molar-refractivity contribution is 7.99. The molecule has 3 aliphatic rings. The number of thioether (sulfide) groups is 1. The summed E-state index contributed by atoms with van der Waals surface area (Å²) in [5.41, 5.74) is 0. The van der Waals surface area contributed by atoms with E-state index in [4.69, 9.17) is 0 Å². The van der Waals surface area contributed by atoms with Crippen LogP contribution in [0.1, 0.15) is 25.7 Å². The van der Waals surface area contributed by atoms with E-state index >= 15 is 0 Å². The third kappa shape index (κ3) is 2.20. The molecule has 0 aromatic rings. The van der Waals surface area contributed by atoms with Gasteiger partial charge in [-0.15, -0.1) is 0 Å². The first kappa shape index (κ1) is 10.4. The average molecular weight is 226 g/mol. The van der Waals surface area contributed by atoms with Crippen molar-refractivity contribution in [3.05, 3.63) is 0 Å². The van der Waals surface area contributed by atoms with Crippen molar-refractivity contribution >= 4 is 11.8 Å². The van der Waals surface area contributed by atoms with Gasteiger partial charge in [-0.2, -0.15) is 11.8 Å². The highest BCUT2D eigenvalue weighted by atomic mass is 32.2. The Kier molecular flexibility index (Phi) is 3.23. The molecular formula is C12H22N2S. The first-order chi connectivity index (χ1) is 7.43. The third-order valence-corrected chi connectivity index (χ3v) is 5.38. The van der Waals surface area contributed by atoms with Crippen LogP contribution in [-0.4, -0.2) is 48.1 Å². The van der Waals surface area contributed by atoms with Crippen molar-refractivity contribution in [3.8, 4) is 0 Å². The summed E-state index contributed by atoms with van der Waals surface area (Å²) >= 11 is 2.14. The van der Waals surface area contributed by atoms with Crippen LogP contribution >= 0.6 is 11.8 Å². The standard InChI is InChI=1S/C12H22N2S/c1-2-10-8-14(9-12(10)13-5-1)11-3-6-15-7-4-11/h10-13H,1-9H2/t10-,12+/m0/s1. The first-order valence-corrected chi connectivity index (χ1v) is 7.64. The van der Waals surface area contributed by atoms with Gasteiger partial charge in [0.25, 0.3) is 0 Å². The molecule has 0 spiro atoms. The van der Waals surface area contributed by atoms with E-state index < -0.39 is 0 Å². The number of nitrogens with zero attached hydrogens (tertiary/aromatic N) is 1. The van der Waals surface area contributed by atoms with Crippen LogP contribution in [0.15, 0.2) is 0 Å². The lowest BCUT2D eigenvalue weighted by Crippen LogP contribution is -2.41. The molecule has 2 atom stereocenters. The number of fused-ring (bicyclic) bond motifs is 1. The molecule has 0 radical (unpaired) electrons. The van der Waals surface area contributed by atoms with E-state index in [1.54, 1.807) is 0 Å². The summed E-state index contributed by atoms with van der Waals surface area (Å²) < 4.78 is 0. The van der Waals surface area contributed by atoms with Gasteiger partial charge in [0.1, 0.15) is 0 Å². The molecular weight excluding hydrogens is 204 g/mol. The molecule has 0 bridgehead atoms. The van der Waals surface area contributed by atoms with E-state index in [2.05, 4.69) is 22.0 Å². The topological polar surface area (TPSA) is 15.3 Å². The van der Waals surface area contributed by atoms with Crippen LogP contribution in [-0.2, 0) is 0 Å². The van der Waals surface area contributed by atoms with Crippen LogP contribution in [0, 0.1) is 5.92 Å².